The molecule has 0 unspecified atom stereocenters. The first-order valence-corrected chi connectivity index (χ1v) is 9.93. The summed E-state index contributed by atoms with van der Waals surface area (Å²) in [5, 5.41) is 0.857. The van der Waals surface area contributed by atoms with Gasteiger partial charge in [-0.2, -0.15) is 0 Å². The van der Waals surface area contributed by atoms with E-state index in [-0.39, 0.29) is 11.8 Å². The summed E-state index contributed by atoms with van der Waals surface area (Å²) in [6, 6.07) is 14.7. The summed E-state index contributed by atoms with van der Waals surface area (Å²) < 4.78 is 7.28. The number of rotatable bonds is 7. The molecule has 1 aliphatic heterocycles. The lowest BCUT2D eigenvalue weighted by molar-refractivity contribution is 0.0655. The normalized spacial score (nSPS) is 13.1. The van der Waals surface area contributed by atoms with Crippen LogP contribution in [-0.4, -0.2) is 45.7 Å². The molecule has 0 aliphatic carbocycles. The van der Waals surface area contributed by atoms with Crippen LogP contribution in [0.5, 0.6) is 5.75 Å². The van der Waals surface area contributed by atoms with Crippen molar-refractivity contribution in [2.24, 2.45) is 0 Å². The Balaban J connectivity index is 1.37. The van der Waals surface area contributed by atoms with E-state index in [1.165, 1.54) is 4.90 Å². The SMILES string of the molecule is COc1cccc(-n2ccnc2SCCCN2C(=O)c3ccccc3C2=O)c1. The van der Waals surface area contributed by atoms with Gasteiger partial charge in [-0.25, -0.2) is 4.98 Å². The minimum Gasteiger partial charge on any atom is -0.497 e. The zero-order chi connectivity index (χ0) is 19.5. The molecule has 6 nitrogen and oxygen atoms in total. The first-order chi connectivity index (χ1) is 13.7. The molecule has 0 atom stereocenters. The monoisotopic (exact) mass is 393 g/mol. The molecule has 142 valence electrons. The summed E-state index contributed by atoms with van der Waals surface area (Å²) in [6.07, 6.45) is 4.36. The van der Waals surface area contributed by atoms with Crippen molar-refractivity contribution in [3.8, 4) is 11.4 Å². The number of benzene rings is 2. The smallest absolute Gasteiger partial charge is 0.261 e. The van der Waals surface area contributed by atoms with E-state index in [0.717, 1.165) is 22.3 Å². The maximum atomic E-state index is 12.4. The van der Waals surface area contributed by atoms with Crippen LogP contribution in [0.15, 0.2) is 66.1 Å². The third kappa shape index (κ3) is 3.41. The van der Waals surface area contributed by atoms with E-state index in [0.29, 0.717) is 24.1 Å². The second kappa shape index (κ2) is 7.90. The fourth-order valence-electron chi connectivity index (χ4n) is 3.18. The summed E-state index contributed by atoms with van der Waals surface area (Å²) in [5.41, 5.74) is 1.96. The molecule has 0 saturated heterocycles. The van der Waals surface area contributed by atoms with Gasteiger partial charge < -0.3 is 4.74 Å². The van der Waals surface area contributed by atoms with Crippen molar-refractivity contribution in [2.45, 2.75) is 11.6 Å². The molecule has 2 heterocycles. The summed E-state index contributed by atoms with van der Waals surface area (Å²) in [5.74, 6) is 1.12. The second-order valence-electron chi connectivity index (χ2n) is 6.29. The molecule has 0 bridgehead atoms. The maximum Gasteiger partial charge on any atom is 0.261 e. The molecule has 2 aromatic carbocycles. The molecule has 0 N–H and O–H groups in total. The largest absolute Gasteiger partial charge is 0.497 e. The van der Waals surface area contributed by atoms with E-state index in [1.807, 2.05) is 35.0 Å². The number of carbonyl (C=O) groups is 2. The number of fused-ring (bicyclic) bond motifs is 1. The molecule has 7 heteroatoms. The lowest BCUT2D eigenvalue weighted by atomic mass is 10.1. The number of carbonyl (C=O) groups excluding carboxylic acids is 2. The van der Waals surface area contributed by atoms with Gasteiger partial charge in [0, 0.05) is 30.8 Å². The molecular weight excluding hydrogens is 374 g/mol. The lowest BCUT2D eigenvalue weighted by Crippen LogP contribution is -2.31. The molecule has 4 rings (SSSR count). The molecule has 1 aromatic heterocycles. The number of imidazole rings is 1. The number of hydrogen-bond donors (Lipinski definition) is 0. The standard InChI is InChI=1S/C21H19N3O3S/c1-27-16-7-4-6-15(14-16)23-12-10-22-21(23)28-13-5-11-24-19(25)17-8-2-3-9-18(17)20(24)26/h2-4,6-10,12,14H,5,11,13H2,1H3. The van der Waals surface area contributed by atoms with Gasteiger partial charge in [0.2, 0.25) is 0 Å². The van der Waals surface area contributed by atoms with E-state index in [4.69, 9.17) is 4.74 Å². The van der Waals surface area contributed by atoms with Crippen LogP contribution >= 0.6 is 11.8 Å². The molecule has 0 fully saturated rings. The summed E-state index contributed by atoms with van der Waals surface area (Å²) in [6.45, 7) is 0.402. The topological polar surface area (TPSA) is 64.4 Å². The average Bonchev–Trinajstić information content (AvgIpc) is 3.30. The van der Waals surface area contributed by atoms with E-state index in [9.17, 15) is 9.59 Å². The molecule has 28 heavy (non-hydrogen) atoms. The Bertz CT molecular complexity index is 996. The molecule has 0 spiro atoms. The first kappa shape index (κ1) is 18.3. The van der Waals surface area contributed by atoms with Gasteiger partial charge in [0.15, 0.2) is 5.16 Å². The van der Waals surface area contributed by atoms with Gasteiger partial charge in [-0.1, -0.05) is 30.0 Å². The van der Waals surface area contributed by atoms with Crippen LogP contribution in [0.2, 0.25) is 0 Å². The molecule has 1 aliphatic rings. The van der Waals surface area contributed by atoms with E-state index in [2.05, 4.69) is 4.98 Å². The fourth-order valence-corrected chi connectivity index (χ4v) is 4.08. The Labute approximate surface area is 167 Å². The Kier molecular flexibility index (Phi) is 5.16. The third-order valence-electron chi connectivity index (χ3n) is 4.57. The van der Waals surface area contributed by atoms with Crippen molar-refractivity contribution in [2.75, 3.05) is 19.4 Å². The molecule has 3 aromatic rings. The van der Waals surface area contributed by atoms with Crippen molar-refractivity contribution in [3.63, 3.8) is 0 Å². The number of methoxy groups -OCH3 is 1. The van der Waals surface area contributed by atoms with Gasteiger partial charge in [0.25, 0.3) is 11.8 Å². The highest BCUT2D eigenvalue weighted by Gasteiger charge is 2.34. The number of hydrogen-bond acceptors (Lipinski definition) is 5. The lowest BCUT2D eigenvalue weighted by Gasteiger charge is -2.13. The van der Waals surface area contributed by atoms with Gasteiger partial charge in [-0.05, 0) is 30.7 Å². The third-order valence-corrected chi connectivity index (χ3v) is 5.63. The van der Waals surface area contributed by atoms with Gasteiger partial charge in [-0.15, -0.1) is 0 Å². The summed E-state index contributed by atoms with van der Waals surface area (Å²) in [4.78, 5) is 30.5. The zero-order valence-electron chi connectivity index (χ0n) is 15.4. The van der Waals surface area contributed by atoms with Gasteiger partial charge >= 0.3 is 0 Å². The van der Waals surface area contributed by atoms with E-state index >= 15 is 0 Å². The minimum atomic E-state index is -0.205. The number of thioether (sulfide) groups is 1. The number of ether oxygens (including phenoxy) is 1. The van der Waals surface area contributed by atoms with Gasteiger partial charge in [0.05, 0.1) is 23.9 Å². The highest BCUT2D eigenvalue weighted by Crippen LogP contribution is 2.25. The Morgan fingerprint density at radius 3 is 2.50 bits per heavy atom. The quantitative estimate of drug-likeness (QED) is 0.348. The number of aromatic nitrogens is 2. The zero-order valence-corrected chi connectivity index (χ0v) is 16.2. The fraction of sp³-hybridized carbons (Fsp3) is 0.190. The Morgan fingerprint density at radius 2 is 1.79 bits per heavy atom. The van der Waals surface area contributed by atoms with E-state index in [1.54, 1.807) is 49.3 Å². The van der Waals surface area contributed by atoms with Gasteiger partial charge in [0.1, 0.15) is 5.75 Å². The van der Waals surface area contributed by atoms with Crippen LogP contribution in [0, 0.1) is 0 Å². The van der Waals surface area contributed by atoms with E-state index < -0.39 is 0 Å². The Morgan fingerprint density at radius 1 is 1.04 bits per heavy atom. The van der Waals surface area contributed by atoms with Crippen molar-refractivity contribution < 1.29 is 14.3 Å². The number of imide groups is 1. The molecule has 0 saturated carbocycles. The van der Waals surface area contributed by atoms with Crippen LogP contribution in [0.25, 0.3) is 5.69 Å². The average molecular weight is 393 g/mol. The highest BCUT2D eigenvalue weighted by atomic mass is 32.2. The maximum absolute atomic E-state index is 12.4. The molecule has 0 radical (unpaired) electrons. The van der Waals surface area contributed by atoms with Gasteiger partial charge in [-0.3, -0.25) is 19.1 Å². The van der Waals surface area contributed by atoms with Crippen LogP contribution in [0.1, 0.15) is 27.1 Å². The first-order valence-electron chi connectivity index (χ1n) is 8.95. The predicted molar refractivity (Wildman–Crippen MR) is 107 cm³/mol. The molecule has 2 amide bonds. The number of amides is 2. The van der Waals surface area contributed by atoms with Crippen molar-refractivity contribution in [1.29, 1.82) is 0 Å². The van der Waals surface area contributed by atoms with Crippen LogP contribution in [0.4, 0.5) is 0 Å². The predicted octanol–water partition coefficient (Wildman–Crippen LogP) is 3.66. The van der Waals surface area contributed by atoms with Crippen molar-refractivity contribution >= 4 is 23.6 Å². The van der Waals surface area contributed by atoms with Crippen LogP contribution in [0.3, 0.4) is 0 Å². The molecular formula is C21H19N3O3S. The summed E-state index contributed by atoms with van der Waals surface area (Å²) in [7, 11) is 1.64. The van der Waals surface area contributed by atoms with Crippen molar-refractivity contribution in [3.05, 3.63) is 72.1 Å². The van der Waals surface area contributed by atoms with Crippen LogP contribution in [-0.2, 0) is 0 Å². The second-order valence-corrected chi connectivity index (χ2v) is 7.35. The minimum absolute atomic E-state index is 0.205. The summed E-state index contributed by atoms with van der Waals surface area (Å²) >= 11 is 1.59. The highest BCUT2D eigenvalue weighted by molar-refractivity contribution is 7.99. The Hall–Kier alpha value is -3.06. The number of nitrogens with zero attached hydrogens (tertiary/aromatic N) is 3. The van der Waals surface area contributed by atoms with Crippen molar-refractivity contribution in [1.82, 2.24) is 14.5 Å². The van der Waals surface area contributed by atoms with Crippen LogP contribution < -0.4 is 4.74 Å².